The van der Waals surface area contributed by atoms with Crippen molar-refractivity contribution >= 4 is 22.2 Å². The Morgan fingerprint density at radius 3 is 2.33 bits per heavy atom. The smallest absolute Gasteiger partial charge is 0.407 e. The third-order valence-electron chi connectivity index (χ3n) is 3.28. The van der Waals surface area contributed by atoms with Crippen LogP contribution in [-0.2, 0) is 34.3 Å². The molecule has 0 bridgehead atoms. The number of hydrogen-bond donors (Lipinski definition) is 1. The average Bonchev–Trinajstić information content (AvgIpc) is 2.55. The zero-order chi connectivity index (χ0) is 20.5. The van der Waals surface area contributed by atoms with Gasteiger partial charge in [-0.3, -0.25) is 8.98 Å². The quantitative estimate of drug-likeness (QED) is 0.500. The number of carbonyl (C=O) groups is 2. The molecule has 1 aromatic rings. The first-order valence-electron chi connectivity index (χ1n) is 8.48. The minimum Gasteiger partial charge on any atom is -0.469 e. The van der Waals surface area contributed by atoms with Crippen LogP contribution >= 0.6 is 0 Å². The maximum absolute atomic E-state index is 12.2. The van der Waals surface area contributed by atoms with Crippen LogP contribution in [0.15, 0.2) is 30.3 Å². The molecule has 1 N–H and O–H groups in total. The van der Waals surface area contributed by atoms with E-state index in [4.69, 9.17) is 8.92 Å². The van der Waals surface area contributed by atoms with Gasteiger partial charge in [-0.25, -0.2) is 4.79 Å². The first-order valence-corrected chi connectivity index (χ1v) is 10.1. The first-order chi connectivity index (χ1) is 12.5. The van der Waals surface area contributed by atoms with Gasteiger partial charge in [-0.15, -0.1) is 0 Å². The van der Waals surface area contributed by atoms with Gasteiger partial charge in [-0.2, -0.15) is 8.42 Å². The SMILES string of the molecule is COC(=O)CC[C@@H](COS(=O)(=O)Cc1ccccc1)NC(=O)OC(C)(C)C. The summed E-state index contributed by atoms with van der Waals surface area (Å²) >= 11 is 0. The van der Waals surface area contributed by atoms with E-state index in [1.807, 2.05) is 0 Å². The Morgan fingerprint density at radius 2 is 1.78 bits per heavy atom. The zero-order valence-corrected chi connectivity index (χ0v) is 16.9. The van der Waals surface area contributed by atoms with E-state index in [1.54, 1.807) is 51.1 Å². The highest BCUT2D eigenvalue weighted by Crippen LogP contribution is 2.11. The molecule has 152 valence electrons. The van der Waals surface area contributed by atoms with Crippen molar-refractivity contribution in [2.75, 3.05) is 13.7 Å². The Morgan fingerprint density at radius 1 is 1.15 bits per heavy atom. The fourth-order valence-electron chi connectivity index (χ4n) is 2.07. The molecule has 8 nitrogen and oxygen atoms in total. The van der Waals surface area contributed by atoms with E-state index in [9.17, 15) is 18.0 Å². The molecule has 0 saturated carbocycles. The molecule has 1 atom stereocenters. The summed E-state index contributed by atoms with van der Waals surface area (Å²) in [7, 11) is -2.60. The first kappa shape index (κ1) is 22.9. The van der Waals surface area contributed by atoms with Gasteiger partial charge in [-0.05, 0) is 32.8 Å². The van der Waals surface area contributed by atoms with Crippen LogP contribution in [0.2, 0.25) is 0 Å². The second-order valence-corrected chi connectivity index (χ2v) is 8.57. The predicted octanol–water partition coefficient (Wildman–Crippen LogP) is 2.38. The van der Waals surface area contributed by atoms with Crippen LogP contribution < -0.4 is 5.32 Å². The van der Waals surface area contributed by atoms with Crippen molar-refractivity contribution in [3.8, 4) is 0 Å². The molecule has 0 saturated heterocycles. The molecule has 0 spiro atoms. The molecule has 0 aliphatic heterocycles. The average molecular weight is 401 g/mol. The van der Waals surface area contributed by atoms with E-state index in [1.165, 1.54) is 7.11 Å². The monoisotopic (exact) mass is 401 g/mol. The number of amides is 1. The summed E-state index contributed by atoms with van der Waals surface area (Å²) in [4.78, 5) is 23.3. The summed E-state index contributed by atoms with van der Waals surface area (Å²) in [5, 5.41) is 2.53. The fraction of sp³-hybridized carbons (Fsp3) is 0.556. The molecule has 1 rings (SSSR count). The number of rotatable bonds is 9. The molecule has 0 unspecified atom stereocenters. The van der Waals surface area contributed by atoms with Crippen molar-refractivity contribution < 1.29 is 31.7 Å². The highest BCUT2D eigenvalue weighted by molar-refractivity contribution is 7.85. The molecule has 0 radical (unpaired) electrons. The highest BCUT2D eigenvalue weighted by Gasteiger charge is 2.23. The summed E-state index contributed by atoms with van der Waals surface area (Å²) in [6.07, 6.45) is -0.576. The summed E-state index contributed by atoms with van der Waals surface area (Å²) in [5.41, 5.74) is -0.124. The van der Waals surface area contributed by atoms with Crippen molar-refractivity contribution in [3.05, 3.63) is 35.9 Å². The Labute approximate surface area is 160 Å². The number of alkyl carbamates (subject to hydrolysis) is 1. The molecule has 0 aliphatic rings. The van der Waals surface area contributed by atoms with Crippen LogP contribution in [0.4, 0.5) is 4.79 Å². The second-order valence-electron chi connectivity index (χ2n) is 6.93. The lowest BCUT2D eigenvalue weighted by molar-refractivity contribution is -0.140. The van der Waals surface area contributed by atoms with Gasteiger partial charge in [0.25, 0.3) is 10.1 Å². The fourth-order valence-corrected chi connectivity index (χ4v) is 3.13. The van der Waals surface area contributed by atoms with Crippen molar-refractivity contribution in [1.29, 1.82) is 0 Å². The maximum atomic E-state index is 12.2. The molecule has 0 aromatic heterocycles. The van der Waals surface area contributed by atoms with Crippen LogP contribution in [-0.4, -0.2) is 45.8 Å². The largest absolute Gasteiger partial charge is 0.469 e. The molecule has 0 heterocycles. The highest BCUT2D eigenvalue weighted by atomic mass is 32.2. The summed E-state index contributed by atoms with van der Waals surface area (Å²) in [6.45, 7) is 4.80. The summed E-state index contributed by atoms with van der Waals surface area (Å²) in [6, 6.07) is 7.86. The number of methoxy groups -OCH3 is 1. The zero-order valence-electron chi connectivity index (χ0n) is 16.1. The minimum absolute atomic E-state index is 0.000935. The van der Waals surface area contributed by atoms with Crippen molar-refractivity contribution in [2.24, 2.45) is 0 Å². The lowest BCUT2D eigenvalue weighted by Crippen LogP contribution is -2.42. The van der Waals surface area contributed by atoms with E-state index in [2.05, 4.69) is 10.1 Å². The predicted molar refractivity (Wildman–Crippen MR) is 99.4 cm³/mol. The van der Waals surface area contributed by atoms with E-state index >= 15 is 0 Å². The topological polar surface area (TPSA) is 108 Å². The Kier molecular flexibility index (Phi) is 8.71. The summed E-state index contributed by atoms with van der Waals surface area (Å²) in [5.74, 6) is -0.762. The normalized spacial score (nSPS) is 12.9. The van der Waals surface area contributed by atoms with Gasteiger partial charge in [0, 0.05) is 6.42 Å². The number of carbonyl (C=O) groups excluding carboxylic acids is 2. The number of hydrogen-bond acceptors (Lipinski definition) is 7. The minimum atomic E-state index is -3.85. The van der Waals surface area contributed by atoms with Crippen LogP contribution in [0.5, 0.6) is 0 Å². The number of esters is 1. The van der Waals surface area contributed by atoms with Gasteiger partial charge in [0.05, 0.1) is 19.8 Å². The van der Waals surface area contributed by atoms with Crippen molar-refractivity contribution in [3.63, 3.8) is 0 Å². The third-order valence-corrected chi connectivity index (χ3v) is 4.46. The van der Waals surface area contributed by atoms with Gasteiger partial charge in [0.1, 0.15) is 11.4 Å². The molecule has 0 aliphatic carbocycles. The number of nitrogens with one attached hydrogen (secondary N) is 1. The van der Waals surface area contributed by atoms with Crippen LogP contribution in [0, 0.1) is 0 Å². The van der Waals surface area contributed by atoms with E-state index in [0.717, 1.165) is 0 Å². The van der Waals surface area contributed by atoms with Crippen LogP contribution in [0.25, 0.3) is 0 Å². The molecule has 0 fully saturated rings. The van der Waals surface area contributed by atoms with Crippen LogP contribution in [0.1, 0.15) is 39.2 Å². The number of ether oxygens (including phenoxy) is 2. The van der Waals surface area contributed by atoms with Gasteiger partial charge in [-0.1, -0.05) is 30.3 Å². The van der Waals surface area contributed by atoms with Gasteiger partial charge < -0.3 is 14.8 Å². The van der Waals surface area contributed by atoms with Gasteiger partial charge >= 0.3 is 12.1 Å². The number of benzene rings is 1. The summed E-state index contributed by atoms with van der Waals surface area (Å²) < 4.78 is 39.1. The third kappa shape index (κ3) is 10.6. The van der Waals surface area contributed by atoms with Crippen molar-refractivity contribution in [2.45, 2.75) is 51.0 Å². The van der Waals surface area contributed by atoms with Gasteiger partial charge in [0.15, 0.2) is 0 Å². The Balaban J connectivity index is 2.68. The Hall–Kier alpha value is -2.13. The van der Waals surface area contributed by atoms with Crippen LogP contribution in [0.3, 0.4) is 0 Å². The molecular formula is C18H27NO7S. The molecule has 27 heavy (non-hydrogen) atoms. The molecule has 9 heteroatoms. The van der Waals surface area contributed by atoms with Gasteiger partial charge in [0.2, 0.25) is 0 Å². The molecule has 1 aromatic carbocycles. The lowest BCUT2D eigenvalue weighted by atomic mass is 10.1. The lowest BCUT2D eigenvalue weighted by Gasteiger charge is -2.23. The van der Waals surface area contributed by atoms with E-state index in [-0.39, 0.29) is 25.2 Å². The standard InChI is InChI=1S/C18H27NO7S/c1-18(2,3)26-17(21)19-15(10-11-16(20)24-4)12-25-27(22,23)13-14-8-6-5-7-9-14/h5-9,15H,10-13H2,1-4H3,(H,19,21)/t15-/m0/s1. The van der Waals surface area contributed by atoms with E-state index < -0.39 is 33.8 Å². The molecular weight excluding hydrogens is 374 g/mol. The Bertz CT molecular complexity index is 711. The van der Waals surface area contributed by atoms with E-state index in [0.29, 0.717) is 5.56 Å². The maximum Gasteiger partial charge on any atom is 0.407 e. The van der Waals surface area contributed by atoms with Crippen molar-refractivity contribution in [1.82, 2.24) is 5.32 Å². The molecule has 1 amide bonds. The second kappa shape index (κ2) is 10.3.